The third kappa shape index (κ3) is 3.87. The molecular weight excluding hydrogens is 236 g/mol. The molecule has 1 aromatic carbocycles. The molecule has 0 aromatic heterocycles. The first-order valence-corrected chi connectivity index (χ1v) is 6.97. The van der Waals surface area contributed by atoms with Crippen molar-refractivity contribution >= 4 is 5.69 Å². The van der Waals surface area contributed by atoms with E-state index < -0.39 is 0 Å². The van der Waals surface area contributed by atoms with Gasteiger partial charge in [0.2, 0.25) is 0 Å². The number of benzene rings is 1. The monoisotopic (exact) mass is 264 g/mol. The summed E-state index contributed by atoms with van der Waals surface area (Å²) >= 11 is 0. The molecule has 108 valence electrons. The Bertz CT molecular complexity index is 415. The van der Waals surface area contributed by atoms with Crippen molar-refractivity contribution in [2.75, 3.05) is 32.1 Å². The average molecular weight is 264 g/mol. The lowest BCUT2D eigenvalue weighted by molar-refractivity contribution is 0.390. The molecule has 19 heavy (non-hydrogen) atoms. The van der Waals surface area contributed by atoms with Gasteiger partial charge in [0.25, 0.3) is 0 Å². The molecule has 1 rings (SSSR count). The van der Waals surface area contributed by atoms with Crippen LogP contribution in [0.2, 0.25) is 0 Å². The number of nitrogens with two attached hydrogens (primary N) is 1. The summed E-state index contributed by atoms with van der Waals surface area (Å²) in [6.07, 6.45) is 0. The number of nitrogens with zero attached hydrogens (tertiary/aromatic N) is 1. The maximum Gasteiger partial charge on any atom is 0.142 e. The molecule has 0 amide bonds. The summed E-state index contributed by atoms with van der Waals surface area (Å²) in [5, 5.41) is 0. The van der Waals surface area contributed by atoms with Crippen LogP contribution in [0.5, 0.6) is 5.75 Å². The minimum atomic E-state index is 0.496. The first-order chi connectivity index (χ1) is 8.90. The van der Waals surface area contributed by atoms with Gasteiger partial charge in [-0.3, -0.25) is 0 Å². The molecule has 0 radical (unpaired) electrons. The van der Waals surface area contributed by atoms with E-state index in [4.69, 9.17) is 10.5 Å². The minimum Gasteiger partial charge on any atom is -0.495 e. The highest BCUT2D eigenvalue weighted by Gasteiger charge is 2.18. The highest BCUT2D eigenvalue weighted by Crippen LogP contribution is 2.33. The summed E-state index contributed by atoms with van der Waals surface area (Å²) in [7, 11) is 3.85. The quantitative estimate of drug-likeness (QED) is 0.858. The van der Waals surface area contributed by atoms with E-state index in [1.807, 2.05) is 0 Å². The molecule has 0 spiro atoms. The van der Waals surface area contributed by atoms with E-state index in [1.165, 1.54) is 16.8 Å². The summed E-state index contributed by atoms with van der Waals surface area (Å²) in [6.45, 7) is 10.4. The third-order valence-electron chi connectivity index (χ3n) is 3.77. The van der Waals surface area contributed by atoms with Crippen molar-refractivity contribution in [1.29, 1.82) is 0 Å². The molecule has 2 N–H and O–H groups in total. The fourth-order valence-electron chi connectivity index (χ4n) is 2.57. The zero-order chi connectivity index (χ0) is 14.6. The van der Waals surface area contributed by atoms with Crippen LogP contribution in [0.15, 0.2) is 12.1 Å². The van der Waals surface area contributed by atoms with Crippen molar-refractivity contribution in [3.63, 3.8) is 0 Å². The van der Waals surface area contributed by atoms with Gasteiger partial charge in [-0.15, -0.1) is 0 Å². The number of hydrogen-bond acceptors (Lipinski definition) is 3. The maximum atomic E-state index is 5.87. The third-order valence-corrected chi connectivity index (χ3v) is 3.77. The predicted octanol–water partition coefficient (Wildman–Crippen LogP) is 2.98. The lowest BCUT2D eigenvalue weighted by atomic mass is 9.95. The van der Waals surface area contributed by atoms with E-state index in [9.17, 15) is 0 Å². The zero-order valence-electron chi connectivity index (χ0n) is 13.2. The molecule has 0 aliphatic heterocycles. The maximum absolute atomic E-state index is 5.87. The van der Waals surface area contributed by atoms with E-state index in [1.54, 1.807) is 7.11 Å². The van der Waals surface area contributed by atoms with Crippen molar-refractivity contribution in [3.8, 4) is 5.75 Å². The molecule has 0 fully saturated rings. The van der Waals surface area contributed by atoms with Gasteiger partial charge in [-0.1, -0.05) is 19.9 Å². The van der Waals surface area contributed by atoms with E-state index in [2.05, 4.69) is 51.8 Å². The van der Waals surface area contributed by atoms with E-state index >= 15 is 0 Å². The van der Waals surface area contributed by atoms with Crippen LogP contribution < -0.4 is 15.4 Å². The highest BCUT2D eigenvalue weighted by atomic mass is 16.5. The van der Waals surface area contributed by atoms with Gasteiger partial charge in [0.05, 0.1) is 12.8 Å². The fraction of sp³-hybridized carbons (Fsp3) is 0.625. The van der Waals surface area contributed by atoms with Gasteiger partial charge < -0.3 is 15.4 Å². The van der Waals surface area contributed by atoms with E-state index in [-0.39, 0.29) is 0 Å². The van der Waals surface area contributed by atoms with Gasteiger partial charge in [0, 0.05) is 13.6 Å². The SMILES string of the molecule is COc1cc(C)cc(C)c1N(C)CC(CN)C(C)C. The van der Waals surface area contributed by atoms with Gasteiger partial charge in [0.15, 0.2) is 0 Å². The Morgan fingerprint density at radius 1 is 1.26 bits per heavy atom. The molecule has 0 aliphatic rings. The van der Waals surface area contributed by atoms with E-state index in [0.29, 0.717) is 11.8 Å². The Morgan fingerprint density at radius 3 is 2.37 bits per heavy atom. The van der Waals surface area contributed by atoms with Crippen LogP contribution in [0.3, 0.4) is 0 Å². The Morgan fingerprint density at radius 2 is 1.89 bits per heavy atom. The number of anilines is 1. The Hall–Kier alpha value is -1.22. The number of ether oxygens (including phenoxy) is 1. The molecule has 1 unspecified atom stereocenters. The van der Waals surface area contributed by atoms with Crippen molar-refractivity contribution in [2.24, 2.45) is 17.6 Å². The predicted molar refractivity (Wildman–Crippen MR) is 83.1 cm³/mol. The summed E-state index contributed by atoms with van der Waals surface area (Å²) in [6, 6.07) is 4.28. The molecule has 0 saturated heterocycles. The second-order valence-electron chi connectivity index (χ2n) is 5.75. The highest BCUT2D eigenvalue weighted by molar-refractivity contribution is 5.64. The average Bonchev–Trinajstić information content (AvgIpc) is 2.33. The van der Waals surface area contributed by atoms with Crippen LogP contribution in [-0.4, -0.2) is 27.2 Å². The van der Waals surface area contributed by atoms with Gasteiger partial charge >= 0.3 is 0 Å². The standard InChI is InChI=1S/C16H28N2O/c1-11(2)14(9-17)10-18(5)16-13(4)7-12(3)8-15(16)19-6/h7-8,11,14H,9-10,17H2,1-6H3. The number of hydrogen-bond donors (Lipinski definition) is 1. The van der Waals surface area contributed by atoms with Gasteiger partial charge in [-0.2, -0.15) is 0 Å². The number of aryl methyl sites for hydroxylation is 2. The Balaban J connectivity index is 3.02. The number of methoxy groups -OCH3 is 1. The molecule has 0 aliphatic carbocycles. The summed E-state index contributed by atoms with van der Waals surface area (Å²) in [4.78, 5) is 2.27. The van der Waals surface area contributed by atoms with Crippen molar-refractivity contribution in [1.82, 2.24) is 0 Å². The zero-order valence-corrected chi connectivity index (χ0v) is 13.2. The Labute approximate surface area is 117 Å². The topological polar surface area (TPSA) is 38.5 Å². The second kappa shape index (κ2) is 6.80. The molecule has 3 heteroatoms. The summed E-state index contributed by atoms with van der Waals surface area (Å²) in [5.41, 5.74) is 9.52. The smallest absolute Gasteiger partial charge is 0.142 e. The van der Waals surface area contributed by atoms with Crippen molar-refractivity contribution in [2.45, 2.75) is 27.7 Å². The first kappa shape index (κ1) is 15.8. The fourth-order valence-corrected chi connectivity index (χ4v) is 2.57. The van der Waals surface area contributed by atoms with Crippen LogP contribution >= 0.6 is 0 Å². The molecule has 0 heterocycles. The van der Waals surface area contributed by atoms with Crippen LogP contribution in [0, 0.1) is 25.7 Å². The van der Waals surface area contributed by atoms with Gasteiger partial charge in [-0.25, -0.2) is 0 Å². The van der Waals surface area contributed by atoms with E-state index in [0.717, 1.165) is 18.8 Å². The van der Waals surface area contributed by atoms with Gasteiger partial charge in [-0.05, 0) is 49.4 Å². The first-order valence-electron chi connectivity index (χ1n) is 6.97. The lowest BCUT2D eigenvalue weighted by Gasteiger charge is -2.29. The van der Waals surface area contributed by atoms with Crippen LogP contribution in [0.4, 0.5) is 5.69 Å². The minimum absolute atomic E-state index is 0.496. The summed E-state index contributed by atoms with van der Waals surface area (Å²) < 4.78 is 5.53. The molecular formula is C16H28N2O. The van der Waals surface area contributed by atoms with Crippen molar-refractivity contribution in [3.05, 3.63) is 23.3 Å². The molecule has 1 aromatic rings. The largest absolute Gasteiger partial charge is 0.495 e. The lowest BCUT2D eigenvalue weighted by Crippen LogP contribution is -2.33. The van der Waals surface area contributed by atoms with Gasteiger partial charge in [0.1, 0.15) is 5.75 Å². The Kier molecular flexibility index (Phi) is 5.67. The molecule has 1 atom stereocenters. The second-order valence-corrected chi connectivity index (χ2v) is 5.75. The number of rotatable bonds is 6. The van der Waals surface area contributed by atoms with Crippen LogP contribution in [-0.2, 0) is 0 Å². The van der Waals surface area contributed by atoms with Crippen molar-refractivity contribution < 1.29 is 4.74 Å². The molecule has 0 bridgehead atoms. The summed E-state index contributed by atoms with van der Waals surface area (Å²) in [5.74, 6) is 2.03. The van der Waals surface area contributed by atoms with Crippen LogP contribution in [0.25, 0.3) is 0 Å². The molecule has 3 nitrogen and oxygen atoms in total. The van der Waals surface area contributed by atoms with Crippen LogP contribution in [0.1, 0.15) is 25.0 Å². The molecule has 0 saturated carbocycles. The normalized spacial score (nSPS) is 12.6.